The van der Waals surface area contributed by atoms with E-state index in [0.717, 1.165) is 5.69 Å². The first-order valence-corrected chi connectivity index (χ1v) is 7.72. The second-order valence-electron chi connectivity index (χ2n) is 5.41. The molecule has 3 heterocycles. The Hall–Kier alpha value is -3.36. The summed E-state index contributed by atoms with van der Waals surface area (Å²) in [5, 5.41) is 13.8. The lowest BCUT2D eigenvalue weighted by Crippen LogP contribution is -2.16. The molecular formula is C16H18N6O3. The van der Waals surface area contributed by atoms with E-state index in [1.54, 1.807) is 29.9 Å². The van der Waals surface area contributed by atoms with Crippen molar-refractivity contribution in [3.63, 3.8) is 0 Å². The van der Waals surface area contributed by atoms with Crippen molar-refractivity contribution in [1.29, 1.82) is 0 Å². The lowest BCUT2D eigenvalue weighted by molar-refractivity contribution is 0.0993. The second kappa shape index (κ2) is 6.63. The molecule has 0 aliphatic heterocycles. The third-order valence-corrected chi connectivity index (χ3v) is 3.54. The highest BCUT2D eigenvalue weighted by atomic mass is 16.3. The van der Waals surface area contributed by atoms with Crippen LogP contribution in [0.15, 0.2) is 34.9 Å². The van der Waals surface area contributed by atoms with Gasteiger partial charge in [-0.15, -0.1) is 0 Å². The molecule has 9 nitrogen and oxygen atoms in total. The van der Waals surface area contributed by atoms with Gasteiger partial charge < -0.3 is 15.1 Å². The molecule has 0 unspecified atom stereocenters. The van der Waals surface area contributed by atoms with E-state index in [4.69, 9.17) is 4.42 Å². The Balaban J connectivity index is 1.75. The lowest BCUT2D eigenvalue weighted by Gasteiger charge is -2.04. The van der Waals surface area contributed by atoms with E-state index >= 15 is 0 Å². The largest absolute Gasteiger partial charge is 0.459 e. The zero-order valence-corrected chi connectivity index (χ0v) is 14.1. The molecule has 0 saturated heterocycles. The topological polar surface area (TPSA) is 107 Å². The van der Waals surface area contributed by atoms with E-state index in [9.17, 15) is 9.59 Å². The van der Waals surface area contributed by atoms with Crippen LogP contribution in [-0.4, -0.2) is 31.4 Å². The van der Waals surface area contributed by atoms with Crippen molar-refractivity contribution in [1.82, 2.24) is 19.6 Å². The van der Waals surface area contributed by atoms with Crippen molar-refractivity contribution in [3.8, 4) is 0 Å². The Labute approximate surface area is 143 Å². The van der Waals surface area contributed by atoms with Crippen molar-refractivity contribution in [2.45, 2.75) is 20.4 Å². The van der Waals surface area contributed by atoms with Crippen LogP contribution >= 0.6 is 0 Å². The molecule has 0 radical (unpaired) electrons. The number of hydrogen-bond acceptors (Lipinski definition) is 5. The van der Waals surface area contributed by atoms with E-state index in [1.165, 1.54) is 17.0 Å². The van der Waals surface area contributed by atoms with Gasteiger partial charge >= 0.3 is 0 Å². The Morgan fingerprint density at radius 1 is 1.16 bits per heavy atom. The SMILES string of the molecule is CCn1nc(C)cc1NC(=O)c1cc(NC(=O)c2ccco2)n(C)n1. The van der Waals surface area contributed by atoms with Crippen LogP contribution in [0, 0.1) is 6.92 Å². The second-order valence-corrected chi connectivity index (χ2v) is 5.41. The van der Waals surface area contributed by atoms with Gasteiger partial charge in [-0.2, -0.15) is 10.2 Å². The van der Waals surface area contributed by atoms with Crippen LogP contribution in [0.25, 0.3) is 0 Å². The predicted octanol–water partition coefficient (Wildman–Crippen LogP) is 2.04. The highest BCUT2D eigenvalue weighted by molar-refractivity contribution is 6.05. The van der Waals surface area contributed by atoms with Gasteiger partial charge in [0.2, 0.25) is 0 Å². The minimum Gasteiger partial charge on any atom is -0.459 e. The highest BCUT2D eigenvalue weighted by Crippen LogP contribution is 2.15. The quantitative estimate of drug-likeness (QED) is 0.738. The van der Waals surface area contributed by atoms with Gasteiger partial charge in [-0.05, 0) is 26.0 Å². The summed E-state index contributed by atoms with van der Waals surface area (Å²) in [6.07, 6.45) is 1.41. The monoisotopic (exact) mass is 342 g/mol. The Bertz CT molecular complexity index is 907. The number of anilines is 2. The maximum Gasteiger partial charge on any atom is 0.292 e. The number of aromatic nitrogens is 4. The molecule has 3 aromatic rings. The van der Waals surface area contributed by atoms with Gasteiger partial charge in [0, 0.05) is 25.7 Å². The molecule has 3 rings (SSSR count). The van der Waals surface area contributed by atoms with E-state index in [2.05, 4.69) is 20.8 Å². The summed E-state index contributed by atoms with van der Waals surface area (Å²) in [4.78, 5) is 24.4. The molecule has 0 aromatic carbocycles. The number of carbonyl (C=O) groups is 2. The number of carbonyl (C=O) groups excluding carboxylic acids is 2. The Morgan fingerprint density at radius 3 is 2.60 bits per heavy atom. The minimum atomic E-state index is -0.417. The first kappa shape index (κ1) is 16.5. The maximum absolute atomic E-state index is 12.4. The summed E-state index contributed by atoms with van der Waals surface area (Å²) in [6.45, 7) is 4.42. The number of furan rings is 1. The number of nitrogens with zero attached hydrogens (tertiary/aromatic N) is 4. The average Bonchev–Trinajstić information content (AvgIpc) is 3.29. The summed E-state index contributed by atoms with van der Waals surface area (Å²) in [7, 11) is 1.63. The molecule has 0 aliphatic rings. The fourth-order valence-electron chi connectivity index (χ4n) is 2.35. The van der Waals surface area contributed by atoms with Crippen LogP contribution in [0.4, 0.5) is 11.6 Å². The number of hydrogen-bond donors (Lipinski definition) is 2. The van der Waals surface area contributed by atoms with Crippen LogP contribution in [-0.2, 0) is 13.6 Å². The van der Waals surface area contributed by atoms with Gasteiger partial charge in [0.25, 0.3) is 11.8 Å². The summed E-state index contributed by atoms with van der Waals surface area (Å²) in [5.41, 5.74) is 0.989. The van der Waals surface area contributed by atoms with Gasteiger partial charge in [-0.3, -0.25) is 14.3 Å². The summed E-state index contributed by atoms with van der Waals surface area (Å²) >= 11 is 0. The zero-order chi connectivity index (χ0) is 18.0. The molecule has 9 heteroatoms. The first-order chi connectivity index (χ1) is 12.0. The van der Waals surface area contributed by atoms with Crippen LogP contribution < -0.4 is 10.6 Å². The van der Waals surface area contributed by atoms with E-state index < -0.39 is 5.91 Å². The maximum atomic E-state index is 12.4. The molecule has 0 spiro atoms. The Kier molecular flexibility index (Phi) is 4.38. The summed E-state index contributed by atoms with van der Waals surface area (Å²) in [5.74, 6) is 0.349. The van der Waals surface area contributed by atoms with E-state index in [0.29, 0.717) is 18.2 Å². The first-order valence-electron chi connectivity index (χ1n) is 7.72. The lowest BCUT2D eigenvalue weighted by atomic mass is 10.3. The van der Waals surface area contributed by atoms with Crippen molar-refractivity contribution >= 4 is 23.5 Å². The Morgan fingerprint density at radius 2 is 1.92 bits per heavy atom. The van der Waals surface area contributed by atoms with Gasteiger partial charge in [-0.25, -0.2) is 4.68 Å². The van der Waals surface area contributed by atoms with E-state index in [1.807, 2.05) is 13.8 Å². The van der Waals surface area contributed by atoms with Gasteiger partial charge in [0.05, 0.1) is 12.0 Å². The number of rotatable bonds is 5. The minimum absolute atomic E-state index is 0.175. The molecule has 0 bridgehead atoms. The van der Waals surface area contributed by atoms with Gasteiger partial charge in [0.1, 0.15) is 11.6 Å². The molecule has 130 valence electrons. The van der Waals surface area contributed by atoms with Crippen molar-refractivity contribution < 1.29 is 14.0 Å². The molecule has 25 heavy (non-hydrogen) atoms. The zero-order valence-electron chi connectivity index (χ0n) is 14.1. The predicted molar refractivity (Wildman–Crippen MR) is 90.5 cm³/mol. The normalized spacial score (nSPS) is 10.7. The summed E-state index contributed by atoms with van der Waals surface area (Å²) < 4.78 is 8.14. The molecule has 2 N–H and O–H groups in total. The van der Waals surface area contributed by atoms with Crippen molar-refractivity contribution in [3.05, 3.63) is 47.7 Å². The molecular weight excluding hydrogens is 324 g/mol. The van der Waals surface area contributed by atoms with Crippen molar-refractivity contribution in [2.75, 3.05) is 10.6 Å². The fraction of sp³-hybridized carbons (Fsp3) is 0.250. The standard InChI is InChI=1S/C16H18N6O3/c1-4-22-14(8-10(2)19-22)18-15(23)11-9-13(21(3)20-11)17-16(24)12-6-5-7-25-12/h5-9H,4H2,1-3H3,(H,17,24)(H,18,23). The molecule has 3 aromatic heterocycles. The molecule has 0 aliphatic carbocycles. The van der Waals surface area contributed by atoms with Crippen LogP contribution in [0.5, 0.6) is 0 Å². The fourth-order valence-corrected chi connectivity index (χ4v) is 2.35. The van der Waals surface area contributed by atoms with Crippen molar-refractivity contribution in [2.24, 2.45) is 7.05 Å². The highest BCUT2D eigenvalue weighted by Gasteiger charge is 2.17. The number of amides is 2. The average molecular weight is 342 g/mol. The molecule has 0 fully saturated rings. The molecule has 2 amide bonds. The third kappa shape index (κ3) is 3.44. The van der Waals surface area contributed by atoms with Gasteiger partial charge in [-0.1, -0.05) is 0 Å². The third-order valence-electron chi connectivity index (χ3n) is 3.54. The van der Waals surface area contributed by atoms with Crippen LogP contribution in [0.3, 0.4) is 0 Å². The van der Waals surface area contributed by atoms with Gasteiger partial charge in [0.15, 0.2) is 11.5 Å². The van der Waals surface area contributed by atoms with Crippen LogP contribution in [0.1, 0.15) is 33.7 Å². The molecule has 0 saturated carbocycles. The molecule has 0 atom stereocenters. The summed E-state index contributed by atoms with van der Waals surface area (Å²) in [6, 6.07) is 6.45. The number of nitrogens with one attached hydrogen (secondary N) is 2. The smallest absolute Gasteiger partial charge is 0.292 e. The van der Waals surface area contributed by atoms with Crippen LogP contribution in [0.2, 0.25) is 0 Å². The van der Waals surface area contributed by atoms with E-state index in [-0.39, 0.29) is 17.4 Å². The number of aryl methyl sites for hydroxylation is 3.